The van der Waals surface area contributed by atoms with E-state index in [0.29, 0.717) is 16.8 Å². The number of halogens is 3. The van der Waals surface area contributed by atoms with Gasteiger partial charge in [0.05, 0.1) is 5.56 Å². The fraction of sp³-hybridized carbons (Fsp3) is 0.167. The van der Waals surface area contributed by atoms with Crippen molar-refractivity contribution < 1.29 is 23.1 Å². The summed E-state index contributed by atoms with van der Waals surface area (Å²) in [4.78, 5) is 14.3. The van der Waals surface area contributed by atoms with Crippen molar-refractivity contribution in [1.29, 1.82) is 0 Å². The number of rotatable bonds is 4. The Morgan fingerprint density at radius 2 is 1.76 bits per heavy atom. The van der Waals surface area contributed by atoms with Gasteiger partial charge in [-0.05, 0) is 29.3 Å². The van der Waals surface area contributed by atoms with E-state index in [4.69, 9.17) is 10.8 Å². The van der Waals surface area contributed by atoms with Gasteiger partial charge in [0.2, 0.25) is 0 Å². The van der Waals surface area contributed by atoms with Crippen LogP contribution in [-0.2, 0) is 17.4 Å². The fourth-order valence-electron chi connectivity index (χ4n) is 2.79. The Morgan fingerprint density at radius 3 is 2.36 bits per heavy atom. The van der Waals surface area contributed by atoms with Crippen LogP contribution in [-0.4, -0.2) is 22.1 Å². The number of benzene rings is 2. The summed E-state index contributed by atoms with van der Waals surface area (Å²) >= 11 is 0. The van der Waals surface area contributed by atoms with Crippen LogP contribution in [0, 0.1) is 0 Å². The molecular weight excluding hydrogens is 333 g/mol. The molecule has 0 fully saturated rings. The van der Waals surface area contributed by atoms with Gasteiger partial charge in [0.25, 0.3) is 0 Å². The minimum atomic E-state index is -4.41. The molecule has 0 aliphatic heterocycles. The standard InChI is InChI=1S/C18H15F3N2O2/c19-18(20,21)11-7-5-10(6-8-11)16-13(9-14(22)17(24)25)12-3-1-2-4-15(12)23-16/h1-8,14,23H,9,22H2,(H,24,25)/t14-/m0/s1. The number of aliphatic carboxylic acids is 1. The summed E-state index contributed by atoms with van der Waals surface area (Å²) < 4.78 is 38.2. The minimum Gasteiger partial charge on any atom is -0.480 e. The maximum Gasteiger partial charge on any atom is 0.416 e. The van der Waals surface area contributed by atoms with E-state index in [1.54, 1.807) is 0 Å². The lowest BCUT2D eigenvalue weighted by atomic mass is 9.98. The van der Waals surface area contributed by atoms with Gasteiger partial charge in [0, 0.05) is 23.0 Å². The third-order valence-corrected chi connectivity index (χ3v) is 4.06. The molecule has 1 aromatic heterocycles. The van der Waals surface area contributed by atoms with Crippen LogP contribution in [0.25, 0.3) is 22.2 Å². The molecule has 0 bridgehead atoms. The van der Waals surface area contributed by atoms with E-state index in [0.717, 1.165) is 23.0 Å². The number of hydrogen-bond acceptors (Lipinski definition) is 2. The van der Waals surface area contributed by atoms with Crippen molar-refractivity contribution in [2.75, 3.05) is 0 Å². The van der Waals surface area contributed by atoms with Gasteiger partial charge in [-0.2, -0.15) is 13.2 Å². The number of carboxylic acids is 1. The highest BCUT2D eigenvalue weighted by Gasteiger charge is 2.30. The van der Waals surface area contributed by atoms with Crippen molar-refractivity contribution in [2.24, 2.45) is 5.73 Å². The third kappa shape index (κ3) is 3.36. The van der Waals surface area contributed by atoms with Crippen LogP contribution in [0.2, 0.25) is 0 Å². The molecule has 0 amide bonds. The number of para-hydroxylation sites is 1. The predicted molar refractivity (Wildman–Crippen MR) is 88.1 cm³/mol. The summed E-state index contributed by atoms with van der Waals surface area (Å²) in [6, 6.07) is 10.9. The van der Waals surface area contributed by atoms with Crippen molar-refractivity contribution in [3.05, 3.63) is 59.7 Å². The molecule has 3 aromatic rings. The molecule has 0 aliphatic carbocycles. The lowest BCUT2D eigenvalue weighted by Gasteiger charge is -2.10. The summed E-state index contributed by atoms with van der Waals surface area (Å²) in [5.74, 6) is -1.14. The highest BCUT2D eigenvalue weighted by Crippen LogP contribution is 2.34. The summed E-state index contributed by atoms with van der Waals surface area (Å²) in [6.07, 6.45) is -4.34. The van der Waals surface area contributed by atoms with Crippen LogP contribution in [0.5, 0.6) is 0 Å². The zero-order valence-corrected chi connectivity index (χ0v) is 13.0. The topological polar surface area (TPSA) is 79.1 Å². The highest BCUT2D eigenvalue weighted by molar-refractivity contribution is 5.91. The molecule has 4 nitrogen and oxygen atoms in total. The van der Waals surface area contributed by atoms with Gasteiger partial charge in [0.15, 0.2) is 0 Å². The van der Waals surface area contributed by atoms with Crippen molar-refractivity contribution in [3.63, 3.8) is 0 Å². The van der Waals surface area contributed by atoms with Crippen LogP contribution >= 0.6 is 0 Å². The van der Waals surface area contributed by atoms with Crippen molar-refractivity contribution in [3.8, 4) is 11.3 Å². The second-order valence-corrected chi connectivity index (χ2v) is 5.75. The molecule has 1 heterocycles. The maximum absolute atomic E-state index is 12.7. The van der Waals surface area contributed by atoms with Crippen molar-refractivity contribution in [2.45, 2.75) is 18.6 Å². The average Bonchev–Trinajstić information content (AvgIpc) is 2.93. The van der Waals surface area contributed by atoms with E-state index < -0.39 is 23.8 Å². The first-order valence-electron chi connectivity index (χ1n) is 7.53. The quantitative estimate of drug-likeness (QED) is 0.671. The molecule has 0 saturated heterocycles. The Morgan fingerprint density at radius 1 is 1.12 bits per heavy atom. The number of carboxylic acid groups (broad SMARTS) is 1. The van der Waals surface area contributed by atoms with Gasteiger partial charge in [-0.1, -0.05) is 30.3 Å². The molecule has 0 unspecified atom stereocenters. The Hall–Kier alpha value is -2.80. The molecule has 2 aromatic carbocycles. The number of carbonyl (C=O) groups is 1. The third-order valence-electron chi connectivity index (χ3n) is 4.06. The smallest absolute Gasteiger partial charge is 0.416 e. The van der Waals surface area contributed by atoms with Crippen LogP contribution in [0.1, 0.15) is 11.1 Å². The first-order valence-corrected chi connectivity index (χ1v) is 7.53. The van der Waals surface area contributed by atoms with Crippen LogP contribution in [0.3, 0.4) is 0 Å². The Bertz CT molecular complexity index is 914. The average molecular weight is 348 g/mol. The molecule has 4 N–H and O–H groups in total. The van der Waals surface area contributed by atoms with E-state index in [1.807, 2.05) is 24.3 Å². The SMILES string of the molecule is N[C@@H](Cc1c(-c2ccc(C(F)(F)F)cc2)[nH]c2ccccc12)C(=O)O. The number of fused-ring (bicyclic) bond motifs is 1. The first-order chi connectivity index (χ1) is 11.8. The maximum atomic E-state index is 12.7. The number of aromatic amines is 1. The van der Waals surface area contributed by atoms with E-state index in [1.165, 1.54) is 12.1 Å². The second-order valence-electron chi connectivity index (χ2n) is 5.75. The highest BCUT2D eigenvalue weighted by atomic mass is 19.4. The van der Waals surface area contributed by atoms with E-state index in [-0.39, 0.29) is 6.42 Å². The van der Waals surface area contributed by atoms with Gasteiger partial charge < -0.3 is 15.8 Å². The molecule has 0 aliphatic rings. The Labute approximate surface area is 141 Å². The van der Waals surface area contributed by atoms with E-state index in [2.05, 4.69) is 4.98 Å². The summed E-state index contributed by atoms with van der Waals surface area (Å²) in [7, 11) is 0. The van der Waals surface area contributed by atoms with Crippen molar-refractivity contribution in [1.82, 2.24) is 4.98 Å². The number of H-pyrrole nitrogens is 1. The molecular formula is C18H15F3N2O2. The summed E-state index contributed by atoms with van der Waals surface area (Å²) in [5, 5.41) is 9.88. The molecule has 7 heteroatoms. The van der Waals surface area contributed by atoms with Crippen LogP contribution < -0.4 is 5.73 Å². The molecule has 130 valence electrons. The van der Waals surface area contributed by atoms with Gasteiger partial charge in [-0.25, -0.2) is 0 Å². The van der Waals surface area contributed by atoms with Gasteiger partial charge in [-0.3, -0.25) is 4.79 Å². The molecule has 1 atom stereocenters. The number of nitrogens with two attached hydrogens (primary N) is 1. The molecule has 25 heavy (non-hydrogen) atoms. The zero-order chi connectivity index (χ0) is 18.2. The molecule has 3 rings (SSSR count). The fourth-order valence-corrected chi connectivity index (χ4v) is 2.79. The predicted octanol–water partition coefficient (Wildman–Crippen LogP) is 3.81. The number of aromatic nitrogens is 1. The lowest BCUT2D eigenvalue weighted by Crippen LogP contribution is -2.32. The number of alkyl halides is 3. The Balaban J connectivity index is 2.10. The molecule has 0 radical (unpaired) electrons. The second kappa shape index (κ2) is 6.25. The molecule has 0 spiro atoms. The first kappa shape index (κ1) is 17.0. The summed E-state index contributed by atoms with van der Waals surface area (Å²) in [6.45, 7) is 0. The van der Waals surface area contributed by atoms with E-state index in [9.17, 15) is 18.0 Å². The van der Waals surface area contributed by atoms with Crippen LogP contribution in [0.4, 0.5) is 13.2 Å². The number of nitrogens with one attached hydrogen (secondary N) is 1. The normalized spacial score (nSPS) is 13.1. The molecule has 0 saturated carbocycles. The van der Waals surface area contributed by atoms with Crippen LogP contribution in [0.15, 0.2) is 48.5 Å². The van der Waals surface area contributed by atoms with Gasteiger partial charge in [0.1, 0.15) is 6.04 Å². The number of hydrogen-bond donors (Lipinski definition) is 3. The van der Waals surface area contributed by atoms with Gasteiger partial charge in [-0.15, -0.1) is 0 Å². The largest absolute Gasteiger partial charge is 0.480 e. The summed E-state index contributed by atoms with van der Waals surface area (Å²) in [5.41, 5.74) is 7.48. The monoisotopic (exact) mass is 348 g/mol. The zero-order valence-electron chi connectivity index (χ0n) is 13.0. The minimum absolute atomic E-state index is 0.0652. The van der Waals surface area contributed by atoms with Gasteiger partial charge >= 0.3 is 12.1 Å². The van der Waals surface area contributed by atoms with Crippen molar-refractivity contribution >= 4 is 16.9 Å². The lowest BCUT2D eigenvalue weighted by molar-refractivity contribution is -0.139. The Kier molecular flexibility index (Phi) is 4.26. The van der Waals surface area contributed by atoms with E-state index >= 15 is 0 Å².